The number of aliphatic hydroxyl groups is 1. The summed E-state index contributed by atoms with van der Waals surface area (Å²) in [5.41, 5.74) is 0.599. The minimum atomic E-state index is -0.0573. The fourth-order valence-electron chi connectivity index (χ4n) is 1.17. The minimum Gasteiger partial charge on any atom is -0.475 e. The van der Waals surface area contributed by atoms with E-state index in [1.165, 1.54) is 0 Å². The molecule has 7 nitrogen and oxygen atoms in total. The number of H-pyrrole nitrogens is 1. The number of aliphatic hydroxyl groups excluding tert-OH is 1. The molecule has 0 bridgehead atoms. The van der Waals surface area contributed by atoms with Gasteiger partial charge in [-0.15, -0.1) is 0 Å². The van der Waals surface area contributed by atoms with Crippen molar-refractivity contribution in [2.45, 2.75) is 0 Å². The molecule has 2 rings (SSSR count). The van der Waals surface area contributed by atoms with Crippen LogP contribution < -0.4 is 10.1 Å². The lowest BCUT2D eigenvalue weighted by molar-refractivity contribution is 0.198. The van der Waals surface area contributed by atoms with E-state index in [0.29, 0.717) is 22.9 Å². The fourth-order valence-corrected chi connectivity index (χ4v) is 1.17. The maximum atomic E-state index is 8.67. The van der Waals surface area contributed by atoms with Gasteiger partial charge in [-0.05, 0) is 0 Å². The van der Waals surface area contributed by atoms with Gasteiger partial charge in [-0.3, -0.25) is 5.10 Å². The third-order valence-electron chi connectivity index (χ3n) is 1.83. The van der Waals surface area contributed by atoms with Crippen molar-refractivity contribution in [1.29, 1.82) is 0 Å². The summed E-state index contributed by atoms with van der Waals surface area (Å²) < 4.78 is 5.27. The van der Waals surface area contributed by atoms with Gasteiger partial charge in [-0.2, -0.15) is 15.1 Å². The summed E-state index contributed by atoms with van der Waals surface area (Å²) in [5.74, 6) is 0.854. The van der Waals surface area contributed by atoms with Crippen LogP contribution in [-0.4, -0.2) is 45.5 Å². The standard InChI is InChI=1S/C8H11N5O2/c1-9-8-11-6-5(4-10-13-6)7(12-8)15-3-2-14/h4,14H,2-3H2,1H3,(H2,9,10,11,12,13). The Morgan fingerprint density at radius 3 is 3.13 bits per heavy atom. The highest BCUT2D eigenvalue weighted by Gasteiger charge is 2.09. The summed E-state index contributed by atoms with van der Waals surface area (Å²) in [6.07, 6.45) is 1.58. The molecule has 0 radical (unpaired) electrons. The molecule has 2 heterocycles. The number of nitrogens with zero attached hydrogens (tertiary/aromatic N) is 3. The predicted octanol–water partition coefficient (Wildman–Crippen LogP) is -0.234. The zero-order valence-corrected chi connectivity index (χ0v) is 8.19. The van der Waals surface area contributed by atoms with Crippen LogP contribution in [0.3, 0.4) is 0 Å². The number of rotatable bonds is 4. The van der Waals surface area contributed by atoms with Crippen molar-refractivity contribution >= 4 is 17.0 Å². The number of aromatic nitrogens is 4. The van der Waals surface area contributed by atoms with Gasteiger partial charge in [0.05, 0.1) is 12.8 Å². The SMILES string of the molecule is CNc1nc(OCCO)c2cn[nH]c2n1. The molecule has 0 aliphatic heterocycles. The van der Waals surface area contributed by atoms with E-state index < -0.39 is 0 Å². The van der Waals surface area contributed by atoms with Crippen molar-refractivity contribution in [2.24, 2.45) is 0 Å². The van der Waals surface area contributed by atoms with Crippen LogP contribution in [0.4, 0.5) is 5.95 Å². The summed E-state index contributed by atoms with van der Waals surface area (Å²) in [7, 11) is 1.72. The Labute approximate surface area is 85.5 Å². The molecular weight excluding hydrogens is 198 g/mol. The van der Waals surface area contributed by atoms with E-state index in [1.54, 1.807) is 13.2 Å². The highest BCUT2D eigenvalue weighted by Crippen LogP contribution is 2.21. The maximum absolute atomic E-state index is 8.67. The molecule has 0 aromatic carbocycles. The quantitative estimate of drug-likeness (QED) is 0.643. The highest BCUT2D eigenvalue weighted by molar-refractivity contribution is 5.80. The molecule has 7 heteroatoms. The van der Waals surface area contributed by atoms with E-state index >= 15 is 0 Å². The van der Waals surface area contributed by atoms with Gasteiger partial charge < -0.3 is 15.2 Å². The highest BCUT2D eigenvalue weighted by atomic mass is 16.5. The number of ether oxygens (including phenoxy) is 1. The van der Waals surface area contributed by atoms with E-state index in [0.717, 1.165) is 0 Å². The zero-order valence-electron chi connectivity index (χ0n) is 8.19. The zero-order chi connectivity index (χ0) is 10.7. The van der Waals surface area contributed by atoms with Crippen LogP contribution in [-0.2, 0) is 0 Å². The van der Waals surface area contributed by atoms with Crippen LogP contribution >= 0.6 is 0 Å². The van der Waals surface area contributed by atoms with E-state index in [1.807, 2.05) is 0 Å². The Balaban J connectivity index is 2.43. The van der Waals surface area contributed by atoms with Crippen LogP contribution in [0.15, 0.2) is 6.20 Å². The summed E-state index contributed by atoms with van der Waals surface area (Å²) in [6, 6.07) is 0. The van der Waals surface area contributed by atoms with Crippen LogP contribution in [0, 0.1) is 0 Å². The second-order valence-electron chi connectivity index (χ2n) is 2.81. The monoisotopic (exact) mass is 209 g/mol. The number of aromatic amines is 1. The third kappa shape index (κ3) is 1.82. The molecule has 0 aliphatic carbocycles. The van der Waals surface area contributed by atoms with Crippen molar-refractivity contribution in [3.05, 3.63) is 6.20 Å². The van der Waals surface area contributed by atoms with E-state index in [9.17, 15) is 0 Å². The average molecular weight is 209 g/mol. The van der Waals surface area contributed by atoms with Crippen molar-refractivity contribution in [3.8, 4) is 5.88 Å². The molecule has 15 heavy (non-hydrogen) atoms. The Morgan fingerprint density at radius 1 is 1.53 bits per heavy atom. The Kier molecular flexibility index (Phi) is 2.64. The lowest BCUT2D eigenvalue weighted by atomic mass is 10.4. The van der Waals surface area contributed by atoms with E-state index in [4.69, 9.17) is 9.84 Å². The van der Waals surface area contributed by atoms with E-state index in [-0.39, 0.29) is 13.2 Å². The number of hydrogen-bond donors (Lipinski definition) is 3. The van der Waals surface area contributed by atoms with E-state index in [2.05, 4.69) is 25.5 Å². The summed E-state index contributed by atoms with van der Waals surface area (Å²) >= 11 is 0. The number of nitrogens with one attached hydrogen (secondary N) is 2. The molecule has 0 saturated carbocycles. The van der Waals surface area contributed by atoms with Crippen LogP contribution in [0.25, 0.3) is 11.0 Å². The maximum Gasteiger partial charge on any atom is 0.229 e. The van der Waals surface area contributed by atoms with Crippen molar-refractivity contribution < 1.29 is 9.84 Å². The Morgan fingerprint density at radius 2 is 2.40 bits per heavy atom. The summed E-state index contributed by atoms with van der Waals surface area (Å²) in [6.45, 7) is 0.138. The second kappa shape index (κ2) is 4.09. The lowest BCUT2D eigenvalue weighted by Crippen LogP contribution is -2.05. The molecule has 0 saturated heterocycles. The van der Waals surface area contributed by atoms with Crippen molar-refractivity contribution in [1.82, 2.24) is 20.2 Å². The van der Waals surface area contributed by atoms with Gasteiger partial charge in [0.25, 0.3) is 0 Å². The van der Waals surface area contributed by atoms with Crippen molar-refractivity contribution in [3.63, 3.8) is 0 Å². The Hall–Kier alpha value is -1.89. The first-order valence-corrected chi connectivity index (χ1v) is 4.47. The number of hydrogen-bond acceptors (Lipinski definition) is 6. The van der Waals surface area contributed by atoms with Gasteiger partial charge in [0.2, 0.25) is 11.8 Å². The molecule has 0 amide bonds. The molecule has 0 aliphatic rings. The third-order valence-corrected chi connectivity index (χ3v) is 1.83. The van der Waals surface area contributed by atoms with Gasteiger partial charge in [0.1, 0.15) is 12.0 Å². The average Bonchev–Trinajstić information content (AvgIpc) is 2.73. The molecule has 0 unspecified atom stereocenters. The molecule has 0 fully saturated rings. The summed E-state index contributed by atoms with van der Waals surface area (Å²) in [4.78, 5) is 8.25. The first-order chi connectivity index (χ1) is 7.35. The lowest BCUT2D eigenvalue weighted by Gasteiger charge is -2.05. The largest absolute Gasteiger partial charge is 0.475 e. The van der Waals surface area contributed by atoms with Gasteiger partial charge in [0.15, 0.2) is 5.65 Å². The molecule has 3 N–H and O–H groups in total. The number of anilines is 1. The Bertz CT molecular complexity index is 455. The molecule has 80 valence electrons. The van der Waals surface area contributed by atoms with Gasteiger partial charge >= 0.3 is 0 Å². The van der Waals surface area contributed by atoms with Crippen LogP contribution in [0.2, 0.25) is 0 Å². The first-order valence-electron chi connectivity index (χ1n) is 4.47. The first kappa shape index (κ1) is 9.66. The topological polar surface area (TPSA) is 96.0 Å². The van der Waals surface area contributed by atoms with Crippen molar-refractivity contribution in [2.75, 3.05) is 25.6 Å². The van der Waals surface area contributed by atoms with Crippen LogP contribution in [0.1, 0.15) is 0 Å². The second-order valence-corrected chi connectivity index (χ2v) is 2.81. The number of fused-ring (bicyclic) bond motifs is 1. The van der Waals surface area contributed by atoms with Gasteiger partial charge in [-0.1, -0.05) is 0 Å². The minimum absolute atomic E-state index is 0.0573. The molecule has 0 spiro atoms. The van der Waals surface area contributed by atoms with Crippen LogP contribution in [0.5, 0.6) is 5.88 Å². The molecule has 2 aromatic rings. The molecule has 0 atom stereocenters. The van der Waals surface area contributed by atoms with Gasteiger partial charge in [0, 0.05) is 7.05 Å². The normalized spacial score (nSPS) is 10.5. The molecular formula is C8H11N5O2. The smallest absolute Gasteiger partial charge is 0.229 e. The predicted molar refractivity (Wildman–Crippen MR) is 53.8 cm³/mol. The fraction of sp³-hybridized carbons (Fsp3) is 0.375. The molecule has 2 aromatic heterocycles. The summed E-state index contributed by atoms with van der Waals surface area (Å²) in [5, 5.41) is 18.8. The van der Waals surface area contributed by atoms with Gasteiger partial charge in [-0.25, -0.2) is 0 Å².